The molecule has 2 aromatic carbocycles. The van der Waals surface area contributed by atoms with Crippen molar-refractivity contribution < 1.29 is 18.0 Å². The highest BCUT2D eigenvalue weighted by atomic mass is 35.5. The molecule has 34 heavy (non-hydrogen) atoms. The highest BCUT2D eigenvalue weighted by molar-refractivity contribution is 7.92. The first-order valence-corrected chi connectivity index (χ1v) is 12.4. The van der Waals surface area contributed by atoms with Crippen LogP contribution in [0.3, 0.4) is 0 Å². The third-order valence-corrected chi connectivity index (χ3v) is 7.05. The molecule has 2 heterocycles. The third kappa shape index (κ3) is 4.36. The molecule has 2 N–H and O–H groups in total. The smallest absolute Gasteiger partial charge is 0.265 e. The van der Waals surface area contributed by atoms with Crippen LogP contribution in [0.2, 0.25) is 5.02 Å². The second-order valence-corrected chi connectivity index (χ2v) is 10.4. The van der Waals surface area contributed by atoms with Gasteiger partial charge in [-0.15, -0.1) is 0 Å². The fourth-order valence-corrected chi connectivity index (χ4v) is 4.97. The first-order valence-electron chi connectivity index (χ1n) is 10.5. The molecule has 0 saturated heterocycles. The Hall–Kier alpha value is -3.43. The first kappa shape index (κ1) is 23.7. The van der Waals surface area contributed by atoms with Gasteiger partial charge in [-0.3, -0.25) is 19.2 Å². The maximum Gasteiger partial charge on any atom is 0.265 e. The summed E-state index contributed by atoms with van der Waals surface area (Å²) in [5.74, 6) is -0.531. The molecule has 3 aromatic rings. The largest absolute Gasteiger partial charge is 0.339 e. The molecule has 8 nitrogen and oxygen atoms in total. The van der Waals surface area contributed by atoms with Crippen molar-refractivity contribution >= 4 is 50.6 Å². The van der Waals surface area contributed by atoms with Crippen molar-refractivity contribution in [3.8, 4) is 0 Å². The standard InChI is InChI=1S/C24H23ClN4O4S/c1-13(2)29-23(30)19-11-15(4)26-22(21(19)24(29)31)27-17-8-5-14(3)20(12-17)28-34(32,33)18-9-6-16(25)7-10-18/h5-13,28H,1-4H3,(H,26,27). The molecule has 0 spiro atoms. The summed E-state index contributed by atoms with van der Waals surface area (Å²) >= 11 is 5.86. The average Bonchev–Trinajstić information content (AvgIpc) is 3.00. The Morgan fingerprint density at radius 1 is 0.971 bits per heavy atom. The van der Waals surface area contributed by atoms with Crippen LogP contribution in [0.25, 0.3) is 0 Å². The molecule has 0 saturated carbocycles. The molecule has 2 amide bonds. The quantitative estimate of drug-likeness (QED) is 0.468. The molecule has 0 fully saturated rings. The highest BCUT2D eigenvalue weighted by Gasteiger charge is 2.40. The number of carbonyl (C=O) groups excluding carboxylic acids is 2. The topological polar surface area (TPSA) is 108 Å². The minimum absolute atomic E-state index is 0.0747. The van der Waals surface area contributed by atoms with Crippen LogP contribution in [0.15, 0.2) is 53.4 Å². The van der Waals surface area contributed by atoms with E-state index in [2.05, 4.69) is 15.0 Å². The van der Waals surface area contributed by atoms with E-state index in [-0.39, 0.29) is 28.2 Å². The fourth-order valence-electron chi connectivity index (χ4n) is 3.72. The van der Waals surface area contributed by atoms with Gasteiger partial charge in [0, 0.05) is 22.4 Å². The number of amides is 2. The van der Waals surface area contributed by atoms with Crippen LogP contribution < -0.4 is 10.0 Å². The fraction of sp³-hybridized carbons (Fsp3) is 0.208. The van der Waals surface area contributed by atoms with Crippen molar-refractivity contribution in [3.05, 3.63) is 75.9 Å². The summed E-state index contributed by atoms with van der Waals surface area (Å²) in [6.45, 7) is 7.05. The zero-order valence-corrected chi connectivity index (χ0v) is 20.6. The average molecular weight is 499 g/mol. The lowest BCUT2D eigenvalue weighted by molar-refractivity contribution is 0.0609. The molecule has 10 heteroatoms. The summed E-state index contributed by atoms with van der Waals surface area (Å²) < 4.78 is 28.3. The molecule has 0 aliphatic carbocycles. The maximum atomic E-state index is 13.0. The van der Waals surface area contributed by atoms with E-state index in [1.165, 1.54) is 29.2 Å². The van der Waals surface area contributed by atoms with E-state index in [0.29, 0.717) is 33.2 Å². The van der Waals surface area contributed by atoms with Gasteiger partial charge in [-0.2, -0.15) is 0 Å². The van der Waals surface area contributed by atoms with Gasteiger partial charge in [-0.1, -0.05) is 17.7 Å². The lowest BCUT2D eigenvalue weighted by Crippen LogP contribution is -2.36. The van der Waals surface area contributed by atoms with Gasteiger partial charge in [0.05, 0.1) is 21.7 Å². The number of nitrogens with one attached hydrogen (secondary N) is 2. The van der Waals surface area contributed by atoms with E-state index in [1.54, 1.807) is 52.0 Å². The number of halogens is 1. The van der Waals surface area contributed by atoms with E-state index >= 15 is 0 Å². The molecule has 4 rings (SSSR count). The van der Waals surface area contributed by atoms with Crippen molar-refractivity contribution in [1.82, 2.24) is 9.88 Å². The first-order chi connectivity index (χ1) is 16.0. The summed E-state index contributed by atoms with van der Waals surface area (Å²) in [6, 6.07) is 12.3. The van der Waals surface area contributed by atoms with Crippen LogP contribution >= 0.6 is 11.6 Å². The predicted molar refractivity (Wildman–Crippen MR) is 131 cm³/mol. The number of hydrogen-bond donors (Lipinski definition) is 2. The maximum absolute atomic E-state index is 13.0. The molecule has 0 radical (unpaired) electrons. The zero-order valence-electron chi connectivity index (χ0n) is 19.0. The lowest BCUT2D eigenvalue weighted by atomic mass is 10.1. The van der Waals surface area contributed by atoms with Crippen LogP contribution in [-0.2, 0) is 10.0 Å². The number of aromatic nitrogens is 1. The Morgan fingerprint density at radius 3 is 2.29 bits per heavy atom. The molecule has 0 bridgehead atoms. The highest BCUT2D eigenvalue weighted by Crippen LogP contribution is 2.33. The van der Waals surface area contributed by atoms with E-state index in [0.717, 1.165) is 0 Å². The SMILES string of the molecule is Cc1cc2c(c(Nc3ccc(C)c(NS(=O)(=O)c4ccc(Cl)cc4)c3)n1)C(=O)N(C(C)C)C2=O. The van der Waals surface area contributed by atoms with Crippen molar-refractivity contribution in [2.24, 2.45) is 0 Å². The zero-order chi connectivity index (χ0) is 24.8. The molecule has 0 atom stereocenters. The van der Waals surface area contributed by atoms with Gasteiger partial charge in [0.25, 0.3) is 21.8 Å². The lowest BCUT2D eigenvalue weighted by Gasteiger charge is -2.18. The number of rotatable bonds is 6. The molecule has 1 aliphatic heterocycles. The number of benzene rings is 2. The van der Waals surface area contributed by atoms with Gasteiger partial charge in [0.2, 0.25) is 0 Å². The summed E-state index contributed by atoms with van der Waals surface area (Å²) in [5.41, 5.74) is 2.63. The van der Waals surface area contributed by atoms with Gasteiger partial charge < -0.3 is 5.32 Å². The Balaban J connectivity index is 1.68. The van der Waals surface area contributed by atoms with E-state index in [4.69, 9.17) is 11.6 Å². The van der Waals surface area contributed by atoms with Gasteiger partial charge in [0.15, 0.2) is 0 Å². The molecule has 0 unspecified atom stereocenters. The monoisotopic (exact) mass is 498 g/mol. The summed E-state index contributed by atoms with van der Waals surface area (Å²) in [5, 5.41) is 3.53. The van der Waals surface area contributed by atoms with Gasteiger partial charge >= 0.3 is 0 Å². The molecule has 176 valence electrons. The summed E-state index contributed by atoms with van der Waals surface area (Å²) in [4.78, 5) is 31.5. The molecule has 1 aromatic heterocycles. The number of aryl methyl sites for hydroxylation is 2. The van der Waals surface area contributed by atoms with Crippen molar-refractivity contribution in [3.63, 3.8) is 0 Å². The number of fused-ring (bicyclic) bond motifs is 1. The van der Waals surface area contributed by atoms with E-state index in [1.807, 2.05) is 0 Å². The van der Waals surface area contributed by atoms with Crippen LogP contribution in [0.1, 0.15) is 45.8 Å². The molecule has 1 aliphatic rings. The summed E-state index contributed by atoms with van der Waals surface area (Å²) in [6.07, 6.45) is 0. The molecular weight excluding hydrogens is 476 g/mol. The van der Waals surface area contributed by atoms with Crippen molar-refractivity contribution in [2.45, 2.75) is 38.6 Å². The Labute approximate surface area is 203 Å². The minimum Gasteiger partial charge on any atom is -0.339 e. The second-order valence-electron chi connectivity index (χ2n) is 8.32. The van der Waals surface area contributed by atoms with E-state index < -0.39 is 15.9 Å². The van der Waals surface area contributed by atoms with Crippen LogP contribution in [0.5, 0.6) is 0 Å². The Morgan fingerprint density at radius 2 is 1.65 bits per heavy atom. The minimum atomic E-state index is -3.85. The number of pyridine rings is 1. The summed E-state index contributed by atoms with van der Waals surface area (Å²) in [7, 11) is -3.85. The number of anilines is 3. The number of hydrogen-bond acceptors (Lipinski definition) is 6. The van der Waals surface area contributed by atoms with Crippen molar-refractivity contribution in [2.75, 3.05) is 10.0 Å². The second kappa shape index (κ2) is 8.73. The number of carbonyl (C=O) groups is 2. The van der Waals surface area contributed by atoms with Gasteiger partial charge in [-0.25, -0.2) is 13.4 Å². The number of sulfonamides is 1. The number of nitrogens with zero attached hydrogens (tertiary/aromatic N) is 2. The molecular formula is C24H23ClN4O4S. The normalized spacial score (nSPS) is 13.4. The number of imide groups is 1. The van der Waals surface area contributed by atoms with Crippen molar-refractivity contribution in [1.29, 1.82) is 0 Å². The predicted octanol–water partition coefficient (Wildman–Crippen LogP) is 4.90. The Kier molecular flexibility index (Phi) is 6.09. The van der Waals surface area contributed by atoms with Crippen LogP contribution in [0, 0.1) is 13.8 Å². The third-order valence-electron chi connectivity index (χ3n) is 5.41. The van der Waals surface area contributed by atoms with Gasteiger partial charge in [0.1, 0.15) is 5.82 Å². The van der Waals surface area contributed by atoms with E-state index in [9.17, 15) is 18.0 Å². The van der Waals surface area contributed by atoms with Gasteiger partial charge in [-0.05, 0) is 75.7 Å². The van der Waals surface area contributed by atoms with Crippen LogP contribution in [0.4, 0.5) is 17.2 Å². The van der Waals surface area contributed by atoms with Crippen LogP contribution in [-0.4, -0.2) is 36.2 Å². The Bertz CT molecular complexity index is 1420.